The van der Waals surface area contributed by atoms with E-state index in [1.54, 1.807) is 0 Å². The molecule has 0 bridgehead atoms. The number of fused-ring (bicyclic) bond motifs is 7. The molecule has 0 aliphatic carbocycles. The van der Waals surface area contributed by atoms with E-state index in [4.69, 9.17) is 8.83 Å². The van der Waals surface area contributed by atoms with Gasteiger partial charge in [-0.25, -0.2) is 0 Å². The molecule has 11 aromatic rings. The molecule has 0 N–H and O–H groups in total. The van der Waals surface area contributed by atoms with Gasteiger partial charge in [0.1, 0.15) is 22.3 Å². The molecule has 3 nitrogen and oxygen atoms in total. The van der Waals surface area contributed by atoms with Crippen molar-refractivity contribution in [1.29, 1.82) is 0 Å². The molecule has 0 aliphatic heterocycles. The van der Waals surface area contributed by atoms with E-state index in [2.05, 4.69) is 194 Å². The van der Waals surface area contributed by atoms with Gasteiger partial charge in [-0.15, -0.1) is 0 Å². The van der Waals surface area contributed by atoms with Gasteiger partial charge in [-0.05, 0) is 76.5 Å². The third-order valence-electron chi connectivity index (χ3n) is 11.2. The number of rotatable bonds is 6. The van der Waals surface area contributed by atoms with Crippen LogP contribution in [-0.4, -0.2) is 0 Å². The van der Waals surface area contributed by atoms with Crippen LogP contribution in [0.3, 0.4) is 0 Å². The molecule has 11 rings (SSSR count). The minimum atomic E-state index is 0.857. The second-order valence-corrected chi connectivity index (χ2v) is 14.5. The molecule has 0 aliphatic rings. The molecule has 0 amide bonds. The van der Waals surface area contributed by atoms with Crippen molar-refractivity contribution < 1.29 is 8.83 Å². The van der Waals surface area contributed by atoms with Crippen LogP contribution in [0.1, 0.15) is 5.56 Å². The Morgan fingerprint density at radius 2 is 1.00 bits per heavy atom. The molecular formula is C53H35NO2. The number of nitrogens with zero attached hydrogens (tertiary/aromatic N) is 1. The summed E-state index contributed by atoms with van der Waals surface area (Å²) in [5.41, 5.74) is 14.7. The fraction of sp³-hybridized carbons (Fsp3) is 0.0189. The van der Waals surface area contributed by atoms with Crippen LogP contribution >= 0.6 is 0 Å². The van der Waals surface area contributed by atoms with E-state index in [-0.39, 0.29) is 0 Å². The minimum absolute atomic E-state index is 0.857. The van der Waals surface area contributed by atoms with Gasteiger partial charge in [0.2, 0.25) is 0 Å². The Bertz CT molecular complexity index is 3230. The summed E-state index contributed by atoms with van der Waals surface area (Å²) in [6, 6.07) is 68.8. The van der Waals surface area contributed by atoms with E-state index in [9.17, 15) is 0 Å². The van der Waals surface area contributed by atoms with Crippen molar-refractivity contribution >= 4 is 71.7 Å². The normalized spacial score (nSPS) is 11.7. The minimum Gasteiger partial charge on any atom is -0.456 e. The molecule has 9 aromatic carbocycles. The van der Waals surface area contributed by atoms with Gasteiger partial charge in [-0.3, -0.25) is 0 Å². The molecule has 264 valence electrons. The van der Waals surface area contributed by atoms with Crippen LogP contribution < -0.4 is 4.90 Å². The van der Waals surface area contributed by atoms with E-state index in [1.807, 2.05) is 12.1 Å². The van der Waals surface area contributed by atoms with E-state index in [0.29, 0.717) is 0 Å². The number of para-hydroxylation sites is 2. The first-order chi connectivity index (χ1) is 27.7. The van der Waals surface area contributed by atoms with Crippen molar-refractivity contribution in [2.24, 2.45) is 0 Å². The fourth-order valence-corrected chi connectivity index (χ4v) is 8.54. The van der Waals surface area contributed by atoms with Crippen molar-refractivity contribution in [2.75, 3.05) is 4.90 Å². The number of anilines is 3. The zero-order valence-corrected chi connectivity index (χ0v) is 30.7. The number of benzene rings is 9. The van der Waals surface area contributed by atoms with Gasteiger partial charge in [-0.1, -0.05) is 158 Å². The smallest absolute Gasteiger partial charge is 0.144 e. The maximum atomic E-state index is 7.03. The standard InChI is InChI=1S/C53H35NO2/c1-34-23-24-37-15-8-9-18-42(37)51(34)54(40-29-25-36(26-30-40)35-13-4-2-5-14-35)41-31-27-38(28-32-41)43-20-12-21-44-46-33-48-50(45-19-10-11-22-47(45)55-48)49(53(46)56-52(43)44)39-16-6-3-7-17-39/h2-33H,1H3. The summed E-state index contributed by atoms with van der Waals surface area (Å²) >= 11 is 0. The molecule has 0 radical (unpaired) electrons. The molecule has 0 fully saturated rings. The average Bonchev–Trinajstić information content (AvgIpc) is 3.83. The lowest BCUT2D eigenvalue weighted by molar-refractivity contribution is 0.665. The van der Waals surface area contributed by atoms with Gasteiger partial charge in [0.05, 0.1) is 5.69 Å². The maximum absolute atomic E-state index is 7.03. The summed E-state index contributed by atoms with van der Waals surface area (Å²) in [5.74, 6) is 0. The first-order valence-electron chi connectivity index (χ1n) is 19.1. The van der Waals surface area contributed by atoms with E-state index in [0.717, 1.165) is 77.5 Å². The summed E-state index contributed by atoms with van der Waals surface area (Å²) in [6.45, 7) is 2.20. The zero-order chi connectivity index (χ0) is 37.2. The molecule has 3 heteroatoms. The summed E-state index contributed by atoms with van der Waals surface area (Å²) in [5, 5.41) is 6.68. The van der Waals surface area contributed by atoms with Crippen molar-refractivity contribution in [3.05, 3.63) is 200 Å². The summed E-state index contributed by atoms with van der Waals surface area (Å²) in [6.07, 6.45) is 0. The van der Waals surface area contributed by atoms with Crippen molar-refractivity contribution in [3.8, 4) is 33.4 Å². The van der Waals surface area contributed by atoms with Crippen LogP contribution in [0, 0.1) is 6.92 Å². The molecule has 0 saturated carbocycles. The van der Waals surface area contributed by atoms with Gasteiger partial charge >= 0.3 is 0 Å². The van der Waals surface area contributed by atoms with Gasteiger partial charge in [0, 0.05) is 49.4 Å². The van der Waals surface area contributed by atoms with Crippen LogP contribution in [-0.2, 0) is 0 Å². The molecule has 0 unspecified atom stereocenters. The van der Waals surface area contributed by atoms with Crippen molar-refractivity contribution in [2.45, 2.75) is 6.92 Å². The first-order valence-corrected chi connectivity index (χ1v) is 19.1. The molecular weight excluding hydrogens is 683 g/mol. The predicted molar refractivity (Wildman–Crippen MR) is 234 cm³/mol. The van der Waals surface area contributed by atoms with Crippen molar-refractivity contribution in [3.63, 3.8) is 0 Å². The van der Waals surface area contributed by atoms with Crippen LogP contribution in [0.25, 0.3) is 88.0 Å². The van der Waals surface area contributed by atoms with Gasteiger partial charge in [-0.2, -0.15) is 0 Å². The second kappa shape index (κ2) is 12.9. The number of aryl methyl sites for hydroxylation is 1. The van der Waals surface area contributed by atoms with Crippen LogP contribution in [0.15, 0.2) is 203 Å². The third-order valence-corrected chi connectivity index (χ3v) is 11.2. The largest absolute Gasteiger partial charge is 0.456 e. The molecule has 56 heavy (non-hydrogen) atoms. The highest BCUT2D eigenvalue weighted by Gasteiger charge is 2.23. The quantitative estimate of drug-likeness (QED) is 0.171. The fourth-order valence-electron chi connectivity index (χ4n) is 8.54. The highest BCUT2D eigenvalue weighted by Crippen LogP contribution is 2.47. The maximum Gasteiger partial charge on any atom is 0.144 e. The first kappa shape index (κ1) is 32.1. The summed E-state index contributed by atoms with van der Waals surface area (Å²) in [4.78, 5) is 2.39. The lowest BCUT2D eigenvalue weighted by Crippen LogP contribution is -2.12. The topological polar surface area (TPSA) is 29.5 Å². The van der Waals surface area contributed by atoms with Crippen LogP contribution in [0.2, 0.25) is 0 Å². The monoisotopic (exact) mass is 717 g/mol. The Kier molecular flexibility index (Phi) is 7.39. The summed E-state index contributed by atoms with van der Waals surface area (Å²) in [7, 11) is 0. The van der Waals surface area contributed by atoms with E-state index >= 15 is 0 Å². The number of furan rings is 2. The molecule has 0 atom stereocenters. The lowest BCUT2D eigenvalue weighted by atomic mass is 9.96. The molecule has 0 spiro atoms. The zero-order valence-electron chi connectivity index (χ0n) is 30.7. The Hall–Kier alpha value is -7.36. The predicted octanol–water partition coefficient (Wildman–Crippen LogP) is 15.4. The summed E-state index contributed by atoms with van der Waals surface area (Å²) < 4.78 is 13.5. The Balaban J connectivity index is 1.07. The molecule has 2 aromatic heterocycles. The Morgan fingerprint density at radius 3 is 1.75 bits per heavy atom. The average molecular weight is 718 g/mol. The highest BCUT2D eigenvalue weighted by molar-refractivity contribution is 6.24. The Morgan fingerprint density at radius 1 is 0.393 bits per heavy atom. The Labute approximate surface area is 324 Å². The molecule has 0 saturated heterocycles. The highest BCUT2D eigenvalue weighted by atomic mass is 16.3. The third kappa shape index (κ3) is 5.13. The number of hydrogen-bond acceptors (Lipinski definition) is 3. The van der Waals surface area contributed by atoms with E-state index in [1.165, 1.54) is 33.2 Å². The van der Waals surface area contributed by atoms with Gasteiger partial charge in [0.15, 0.2) is 0 Å². The SMILES string of the molecule is Cc1ccc2ccccc2c1N(c1ccc(-c2ccccc2)cc1)c1ccc(-c2cccc3c2oc2c(-c4ccccc4)c4c(cc23)oc2ccccc24)cc1. The lowest BCUT2D eigenvalue weighted by Gasteiger charge is -2.29. The van der Waals surface area contributed by atoms with Gasteiger partial charge < -0.3 is 13.7 Å². The second-order valence-electron chi connectivity index (χ2n) is 14.5. The van der Waals surface area contributed by atoms with Gasteiger partial charge in [0.25, 0.3) is 0 Å². The molecule has 2 heterocycles. The van der Waals surface area contributed by atoms with E-state index < -0.39 is 0 Å². The van der Waals surface area contributed by atoms with Crippen molar-refractivity contribution in [1.82, 2.24) is 0 Å². The van der Waals surface area contributed by atoms with Crippen LogP contribution in [0.4, 0.5) is 17.1 Å². The number of hydrogen-bond donors (Lipinski definition) is 0. The van der Waals surface area contributed by atoms with Crippen LogP contribution in [0.5, 0.6) is 0 Å².